The molecule has 2 rings (SSSR count). The topological polar surface area (TPSA) is 58.2 Å². The van der Waals surface area contributed by atoms with Gasteiger partial charge in [-0.05, 0) is 23.6 Å². The Balaban J connectivity index is 1.95. The van der Waals surface area contributed by atoms with Crippen LogP contribution in [-0.2, 0) is 6.54 Å². The van der Waals surface area contributed by atoms with Crippen LogP contribution in [0.1, 0.15) is 15.2 Å². The van der Waals surface area contributed by atoms with Crippen LogP contribution in [0.3, 0.4) is 0 Å². The molecule has 0 fully saturated rings. The number of rotatable bonds is 3. The molecule has 0 saturated heterocycles. The normalized spacial score (nSPS) is 10.1. The Kier molecular flexibility index (Phi) is 5.00. The van der Waals surface area contributed by atoms with Crippen molar-refractivity contribution < 1.29 is 9.59 Å². The second-order valence-corrected chi connectivity index (χ2v) is 5.66. The van der Waals surface area contributed by atoms with Crippen molar-refractivity contribution >= 4 is 46.5 Å². The van der Waals surface area contributed by atoms with E-state index in [-0.39, 0.29) is 15.6 Å². The summed E-state index contributed by atoms with van der Waals surface area (Å²) in [5.74, 6) is -0.635. The number of nitrogens with one attached hydrogen (secondary N) is 2. The number of hydrogen-bond acceptors (Lipinski definition) is 3. The van der Waals surface area contributed by atoms with E-state index < -0.39 is 11.9 Å². The summed E-state index contributed by atoms with van der Waals surface area (Å²) in [6, 6.07) is 7.86. The number of imide groups is 1. The molecular formula is C13H10Cl2N2O2S. The van der Waals surface area contributed by atoms with E-state index in [4.69, 9.17) is 23.2 Å². The van der Waals surface area contributed by atoms with Gasteiger partial charge in [0.25, 0.3) is 5.91 Å². The van der Waals surface area contributed by atoms with Gasteiger partial charge < -0.3 is 5.32 Å². The van der Waals surface area contributed by atoms with Crippen LogP contribution in [0.2, 0.25) is 10.0 Å². The van der Waals surface area contributed by atoms with E-state index in [0.29, 0.717) is 6.54 Å². The van der Waals surface area contributed by atoms with Crippen molar-refractivity contribution in [2.45, 2.75) is 6.54 Å². The van der Waals surface area contributed by atoms with Crippen molar-refractivity contribution in [2.24, 2.45) is 0 Å². The summed E-state index contributed by atoms with van der Waals surface area (Å²) >= 11 is 13.3. The van der Waals surface area contributed by atoms with Gasteiger partial charge in [-0.15, -0.1) is 11.3 Å². The van der Waals surface area contributed by atoms with Gasteiger partial charge in [-0.3, -0.25) is 10.1 Å². The fraction of sp³-hybridized carbons (Fsp3) is 0.0769. The van der Waals surface area contributed by atoms with Crippen LogP contribution in [0.5, 0.6) is 0 Å². The lowest BCUT2D eigenvalue weighted by Gasteiger charge is -2.08. The molecule has 2 aromatic rings. The first-order valence-electron chi connectivity index (χ1n) is 5.63. The SMILES string of the molecule is O=C(NCc1cccs1)NC(=O)c1c(Cl)cccc1Cl. The minimum atomic E-state index is -0.635. The second kappa shape index (κ2) is 6.74. The highest BCUT2D eigenvalue weighted by Crippen LogP contribution is 2.23. The summed E-state index contributed by atoms with van der Waals surface area (Å²) in [6.45, 7) is 0.354. The summed E-state index contributed by atoms with van der Waals surface area (Å²) in [5.41, 5.74) is 0.0853. The van der Waals surface area contributed by atoms with Gasteiger partial charge in [0.05, 0.1) is 22.2 Å². The quantitative estimate of drug-likeness (QED) is 0.902. The summed E-state index contributed by atoms with van der Waals surface area (Å²) in [7, 11) is 0. The van der Waals surface area contributed by atoms with Crippen LogP contribution in [0.15, 0.2) is 35.7 Å². The first-order chi connectivity index (χ1) is 9.58. The first kappa shape index (κ1) is 14.8. The van der Waals surface area contributed by atoms with E-state index in [1.807, 2.05) is 17.5 Å². The minimum absolute atomic E-state index is 0.0853. The predicted molar refractivity (Wildman–Crippen MR) is 80.5 cm³/mol. The lowest BCUT2D eigenvalue weighted by molar-refractivity contribution is 0.0964. The third-order valence-corrected chi connectivity index (χ3v) is 3.93. The van der Waals surface area contributed by atoms with Crippen LogP contribution in [-0.4, -0.2) is 11.9 Å². The van der Waals surface area contributed by atoms with Gasteiger partial charge >= 0.3 is 6.03 Å². The minimum Gasteiger partial charge on any atom is -0.333 e. The predicted octanol–water partition coefficient (Wildman–Crippen LogP) is 3.69. The van der Waals surface area contributed by atoms with Gasteiger partial charge in [0.1, 0.15) is 0 Å². The molecule has 4 nitrogen and oxygen atoms in total. The van der Waals surface area contributed by atoms with Crippen molar-refractivity contribution in [3.05, 3.63) is 56.2 Å². The average molecular weight is 329 g/mol. The molecule has 104 valence electrons. The number of benzene rings is 1. The molecule has 1 heterocycles. The standard InChI is InChI=1S/C13H10Cl2N2O2S/c14-9-4-1-5-10(15)11(9)12(18)17-13(19)16-7-8-3-2-6-20-8/h1-6H,7H2,(H2,16,17,18,19). The first-order valence-corrected chi connectivity index (χ1v) is 7.27. The van der Waals surface area contributed by atoms with Crippen molar-refractivity contribution in [1.29, 1.82) is 0 Å². The van der Waals surface area contributed by atoms with Crippen LogP contribution >= 0.6 is 34.5 Å². The number of urea groups is 1. The number of thiophene rings is 1. The Morgan fingerprint density at radius 2 is 1.80 bits per heavy atom. The Morgan fingerprint density at radius 3 is 2.40 bits per heavy atom. The summed E-state index contributed by atoms with van der Waals surface area (Å²) in [5, 5.41) is 7.06. The molecular weight excluding hydrogens is 319 g/mol. The zero-order valence-corrected chi connectivity index (χ0v) is 12.5. The monoisotopic (exact) mass is 328 g/mol. The van der Waals surface area contributed by atoms with E-state index in [9.17, 15) is 9.59 Å². The molecule has 0 aliphatic heterocycles. The number of carbonyl (C=O) groups excluding carboxylic acids is 2. The Labute approximate surface area is 129 Å². The van der Waals surface area contributed by atoms with Gasteiger partial charge in [0, 0.05) is 4.88 Å². The number of hydrogen-bond donors (Lipinski definition) is 2. The maximum absolute atomic E-state index is 11.9. The maximum atomic E-state index is 11.9. The lowest BCUT2D eigenvalue weighted by Crippen LogP contribution is -2.39. The molecule has 1 aromatic carbocycles. The Hall–Kier alpha value is -1.56. The van der Waals surface area contributed by atoms with Crippen molar-refractivity contribution in [2.75, 3.05) is 0 Å². The molecule has 20 heavy (non-hydrogen) atoms. The molecule has 0 atom stereocenters. The molecule has 0 saturated carbocycles. The zero-order chi connectivity index (χ0) is 14.5. The van der Waals surface area contributed by atoms with Crippen LogP contribution in [0.25, 0.3) is 0 Å². The second-order valence-electron chi connectivity index (χ2n) is 3.81. The third kappa shape index (κ3) is 3.72. The molecule has 0 radical (unpaired) electrons. The third-order valence-electron chi connectivity index (χ3n) is 2.42. The average Bonchev–Trinajstić information content (AvgIpc) is 2.89. The van der Waals surface area contributed by atoms with Crippen LogP contribution in [0, 0.1) is 0 Å². The molecule has 0 aliphatic rings. The van der Waals surface area contributed by atoms with Gasteiger partial charge in [0.15, 0.2) is 0 Å². The largest absolute Gasteiger partial charge is 0.333 e. The number of amides is 3. The van der Waals surface area contributed by atoms with Crippen molar-refractivity contribution in [1.82, 2.24) is 10.6 Å². The van der Waals surface area contributed by atoms with Gasteiger partial charge in [-0.25, -0.2) is 4.79 Å². The highest BCUT2D eigenvalue weighted by atomic mass is 35.5. The summed E-state index contributed by atoms with van der Waals surface area (Å²) < 4.78 is 0. The number of halogens is 2. The number of carbonyl (C=O) groups is 2. The smallest absolute Gasteiger partial charge is 0.322 e. The molecule has 7 heteroatoms. The van der Waals surface area contributed by atoms with E-state index in [2.05, 4.69) is 10.6 Å². The van der Waals surface area contributed by atoms with Crippen LogP contribution in [0.4, 0.5) is 4.79 Å². The molecule has 0 unspecified atom stereocenters. The van der Waals surface area contributed by atoms with E-state index >= 15 is 0 Å². The van der Waals surface area contributed by atoms with Gasteiger partial charge in [-0.2, -0.15) is 0 Å². The fourth-order valence-corrected chi connectivity index (χ4v) is 2.72. The highest BCUT2D eigenvalue weighted by molar-refractivity contribution is 7.09. The molecule has 0 aliphatic carbocycles. The van der Waals surface area contributed by atoms with Crippen LogP contribution < -0.4 is 10.6 Å². The molecule has 3 amide bonds. The van der Waals surface area contributed by atoms with E-state index in [0.717, 1.165) is 4.88 Å². The molecule has 0 bridgehead atoms. The van der Waals surface area contributed by atoms with E-state index in [1.54, 1.807) is 6.07 Å². The van der Waals surface area contributed by atoms with Gasteiger partial charge in [-0.1, -0.05) is 35.3 Å². The van der Waals surface area contributed by atoms with Crippen molar-refractivity contribution in [3.8, 4) is 0 Å². The van der Waals surface area contributed by atoms with Gasteiger partial charge in [0.2, 0.25) is 0 Å². The molecule has 0 spiro atoms. The highest BCUT2D eigenvalue weighted by Gasteiger charge is 2.16. The van der Waals surface area contributed by atoms with E-state index in [1.165, 1.54) is 23.5 Å². The molecule has 2 N–H and O–H groups in total. The Morgan fingerprint density at radius 1 is 1.10 bits per heavy atom. The zero-order valence-electron chi connectivity index (χ0n) is 10.2. The summed E-state index contributed by atoms with van der Waals surface area (Å²) in [4.78, 5) is 24.5. The Bertz CT molecular complexity index is 609. The fourth-order valence-electron chi connectivity index (χ4n) is 1.51. The molecule has 1 aromatic heterocycles. The van der Waals surface area contributed by atoms with Crippen molar-refractivity contribution in [3.63, 3.8) is 0 Å². The maximum Gasteiger partial charge on any atom is 0.322 e. The summed E-state index contributed by atoms with van der Waals surface area (Å²) in [6.07, 6.45) is 0. The lowest BCUT2D eigenvalue weighted by atomic mass is 10.2.